The molecule has 0 bridgehead atoms. The van der Waals surface area contributed by atoms with Gasteiger partial charge in [0.05, 0.1) is 24.9 Å². The lowest BCUT2D eigenvalue weighted by Crippen LogP contribution is -2.34. The number of morpholine rings is 1. The molecule has 1 unspecified atom stereocenters. The van der Waals surface area contributed by atoms with Gasteiger partial charge in [-0.1, -0.05) is 17.7 Å². The number of aromatic nitrogens is 1. The molecule has 1 aliphatic carbocycles. The monoisotopic (exact) mass is 292 g/mol. The standard InChI is InChI=1S/C14H13ClN2OS/c15-9-1-2-10-8(5-9)6-12-13(10)17-14(19-12)11-7-18-4-3-16-11/h1-2,5,11,16H,3-4,6-7H2. The number of fused-ring (bicyclic) bond motifs is 3. The van der Waals surface area contributed by atoms with Crippen LogP contribution in [0.5, 0.6) is 0 Å². The number of rotatable bonds is 1. The lowest BCUT2D eigenvalue weighted by Gasteiger charge is -2.21. The van der Waals surface area contributed by atoms with E-state index in [-0.39, 0.29) is 6.04 Å². The Morgan fingerprint density at radius 2 is 2.37 bits per heavy atom. The first kappa shape index (κ1) is 11.9. The first-order valence-corrected chi connectivity index (χ1v) is 7.60. The zero-order chi connectivity index (χ0) is 12.8. The van der Waals surface area contributed by atoms with Crippen molar-refractivity contribution in [2.75, 3.05) is 19.8 Å². The molecule has 98 valence electrons. The molecule has 1 atom stereocenters. The van der Waals surface area contributed by atoms with Gasteiger partial charge in [-0.3, -0.25) is 0 Å². The van der Waals surface area contributed by atoms with E-state index in [9.17, 15) is 0 Å². The third kappa shape index (κ3) is 1.99. The average molecular weight is 293 g/mol. The highest BCUT2D eigenvalue weighted by Gasteiger charge is 2.27. The van der Waals surface area contributed by atoms with Crippen LogP contribution in [0.2, 0.25) is 5.02 Å². The molecule has 0 saturated carbocycles. The number of thiazole rings is 1. The minimum Gasteiger partial charge on any atom is -0.378 e. The number of nitrogens with one attached hydrogen (secondary N) is 1. The van der Waals surface area contributed by atoms with Crippen LogP contribution < -0.4 is 5.32 Å². The molecule has 19 heavy (non-hydrogen) atoms. The Bertz CT molecular complexity index is 634. The molecule has 1 aromatic heterocycles. The fraction of sp³-hybridized carbons (Fsp3) is 0.357. The first-order chi connectivity index (χ1) is 9.31. The van der Waals surface area contributed by atoms with Crippen LogP contribution in [-0.2, 0) is 11.2 Å². The van der Waals surface area contributed by atoms with Crippen LogP contribution in [0.15, 0.2) is 18.2 Å². The van der Waals surface area contributed by atoms with E-state index in [2.05, 4.69) is 11.4 Å². The molecule has 5 heteroatoms. The Labute approximate surface area is 120 Å². The van der Waals surface area contributed by atoms with E-state index in [1.165, 1.54) is 16.0 Å². The Hall–Kier alpha value is -0.940. The largest absolute Gasteiger partial charge is 0.378 e. The van der Waals surface area contributed by atoms with Gasteiger partial charge in [-0.05, 0) is 17.7 Å². The molecule has 1 aliphatic heterocycles. The van der Waals surface area contributed by atoms with Crippen LogP contribution in [0, 0.1) is 0 Å². The van der Waals surface area contributed by atoms with Crippen molar-refractivity contribution in [3.8, 4) is 11.3 Å². The quantitative estimate of drug-likeness (QED) is 0.748. The van der Waals surface area contributed by atoms with E-state index in [1.807, 2.05) is 12.1 Å². The zero-order valence-electron chi connectivity index (χ0n) is 10.3. The second-order valence-corrected chi connectivity index (χ2v) is 6.44. The van der Waals surface area contributed by atoms with Gasteiger partial charge in [-0.15, -0.1) is 11.3 Å². The topological polar surface area (TPSA) is 34.1 Å². The summed E-state index contributed by atoms with van der Waals surface area (Å²) in [6, 6.07) is 6.32. The average Bonchev–Trinajstić information content (AvgIpc) is 2.96. The lowest BCUT2D eigenvalue weighted by atomic mass is 10.1. The van der Waals surface area contributed by atoms with Crippen LogP contribution in [0.25, 0.3) is 11.3 Å². The van der Waals surface area contributed by atoms with Crippen LogP contribution in [-0.4, -0.2) is 24.7 Å². The molecule has 4 rings (SSSR count). The Kier molecular flexibility index (Phi) is 2.84. The number of nitrogens with zero attached hydrogens (tertiary/aromatic N) is 1. The summed E-state index contributed by atoms with van der Waals surface area (Å²) in [5, 5.41) is 5.41. The van der Waals surface area contributed by atoms with Gasteiger partial charge in [0.15, 0.2) is 0 Å². The van der Waals surface area contributed by atoms with Crippen LogP contribution in [0.1, 0.15) is 21.5 Å². The summed E-state index contributed by atoms with van der Waals surface area (Å²) in [6.07, 6.45) is 0.955. The van der Waals surface area contributed by atoms with Crippen molar-refractivity contribution in [3.63, 3.8) is 0 Å². The SMILES string of the molecule is Clc1ccc2c(c1)Cc1sc(C3COCCN3)nc1-2. The van der Waals surface area contributed by atoms with E-state index in [1.54, 1.807) is 11.3 Å². The molecular weight excluding hydrogens is 280 g/mol. The summed E-state index contributed by atoms with van der Waals surface area (Å²) in [5.74, 6) is 0. The van der Waals surface area contributed by atoms with Crippen molar-refractivity contribution in [1.29, 1.82) is 0 Å². The van der Waals surface area contributed by atoms with E-state index in [0.717, 1.165) is 41.9 Å². The van der Waals surface area contributed by atoms with Gasteiger partial charge < -0.3 is 10.1 Å². The Balaban J connectivity index is 1.71. The van der Waals surface area contributed by atoms with Crippen LogP contribution in [0.4, 0.5) is 0 Å². The number of hydrogen-bond acceptors (Lipinski definition) is 4. The molecule has 0 amide bonds. The molecule has 1 saturated heterocycles. The maximum Gasteiger partial charge on any atom is 0.113 e. The third-order valence-electron chi connectivity index (χ3n) is 3.61. The predicted molar refractivity (Wildman–Crippen MR) is 76.9 cm³/mol. The van der Waals surface area contributed by atoms with Gasteiger partial charge in [0.25, 0.3) is 0 Å². The van der Waals surface area contributed by atoms with Gasteiger partial charge in [0, 0.05) is 28.4 Å². The zero-order valence-corrected chi connectivity index (χ0v) is 11.9. The number of benzene rings is 1. The van der Waals surface area contributed by atoms with Gasteiger partial charge in [0.1, 0.15) is 5.01 Å². The molecule has 1 fully saturated rings. The lowest BCUT2D eigenvalue weighted by molar-refractivity contribution is 0.0768. The van der Waals surface area contributed by atoms with E-state index >= 15 is 0 Å². The summed E-state index contributed by atoms with van der Waals surface area (Å²) >= 11 is 7.84. The Morgan fingerprint density at radius 1 is 1.42 bits per heavy atom. The van der Waals surface area contributed by atoms with Crippen molar-refractivity contribution in [2.24, 2.45) is 0 Å². The summed E-state index contributed by atoms with van der Waals surface area (Å²) < 4.78 is 5.51. The van der Waals surface area contributed by atoms with Crippen molar-refractivity contribution < 1.29 is 4.74 Å². The second kappa shape index (κ2) is 4.56. The van der Waals surface area contributed by atoms with Crippen molar-refractivity contribution in [1.82, 2.24) is 10.3 Å². The maximum atomic E-state index is 6.04. The number of hydrogen-bond donors (Lipinski definition) is 1. The van der Waals surface area contributed by atoms with E-state index in [0.29, 0.717) is 0 Å². The highest BCUT2D eigenvalue weighted by Crippen LogP contribution is 2.41. The minimum absolute atomic E-state index is 0.250. The molecule has 1 aromatic carbocycles. The molecule has 2 aromatic rings. The van der Waals surface area contributed by atoms with E-state index < -0.39 is 0 Å². The minimum atomic E-state index is 0.250. The summed E-state index contributed by atoms with van der Waals surface area (Å²) in [6.45, 7) is 2.42. The van der Waals surface area contributed by atoms with Gasteiger partial charge in [-0.2, -0.15) is 0 Å². The Morgan fingerprint density at radius 3 is 3.21 bits per heavy atom. The molecule has 2 heterocycles. The molecule has 3 nitrogen and oxygen atoms in total. The number of halogens is 1. The van der Waals surface area contributed by atoms with Gasteiger partial charge in [0.2, 0.25) is 0 Å². The summed E-state index contributed by atoms with van der Waals surface area (Å²) in [4.78, 5) is 6.17. The van der Waals surface area contributed by atoms with Gasteiger partial charge >= 0.3 is 0 Å². The predicted octanol–water partition coefficient (Wildman–Crippen LogP) is 3.03. The molecule has 0 radical (unpaired) electrons. The van der Waals surface area contributed by atoms with E-state index in [4.69, 9.17) is 21.3 Å². The van der Waals surface area contributed by atoms with Gasteiger partial charge in [-0.25, -0.2) is 4.98 Å². The summed E-state index contributed by atoms with van der Waals surface area (Å²) in [5.41, 5.74) is 3.67. The second-order valence-electron chi connectivity index (χ2n) is 4.88. The van der Waals surface area contributed by atoms with Crippen LogP contribution in [0.3, 0.4) is 0 Å². The molecular formula is C14H13ClN2OS. The third-order valence-corrected chi connectivity index (χ3v) is 5.01. The van der Waals surface area contributed by atoms with Crippen molar-refractivity contribution in [3.05, 3.63) is 38.7 Å². The molecule has 2 aliphatic rings. The summed E-state index contributed by atoms with van der Waals surface area (Å²) in [7, 11) is 0. The van der Waals surface area contributed by atoms with Crippen molar-refractivity contribution >= 4 is 22.9 Å². The van der Waals surface area contributed by atoms with Crippen molar-refractivity contribution in [2.45, 2.75) is 12.5 Å². The normalized spacial score (nSPS) is 21.2. The number of ether oxygens (including phenoxy) is 1. The highest BCUT2D eigenvalue weighted by molar-refractivity contribution is 7.12. The molecule has 1 N–H and O–H groups in total. The fourth-order valence-electron chi connectivity index (χ4n) is 2.69. The van der Waals surface area contributed by atoms with Crippen LogP contribution >= 0.6 is 22.9 Å². The first-order valence-electron chi connectivity index (χ1n) is 6.41. The highest BCUT2D eigenvalue weighted by atomic mass is 35.5. The molecule has 0 spiro atoms. The fourth-order valence-corrected chi connectivity index (χ4v) is 4.04. The maximum absolute atomic E-state index is 6.04. The smallest absolute Gasteiger partial charge is 0.113 e.